The summed E-state index contributed by atoms with van der Waals surface area (Å²) < 4.78 is 7.80. The van der Waals surface area contributed by atoms with Crippen molar-refractivity contribution < 1.29 is 9.53 Å². The van der Waals surface area contributed by atoms with E-state index in [2.05, 4.69) is 0 Å². The van der Waals surface area contributed by atoms with Gasteiger partial charge in [-0.3, -0.25) is 18.7 Å². The van der Waals surface area contributed by atoms with E-state index in [4.69, 9.17) is 4.74 Å². The Labute approximate surface area is 104 Å². The van der Waals surface area contributed by atoms with Crippen LogP contribution < -0.4 is 11.2 Å². The van der Waals surface area contributed by atoms with Crippen LogP contribution in [0.5, 0.6) is 0 Å². The summed E-state index contributed by atoms with van der Waals surface area (Å²) in [7, 11) is 1.38. The zero-order valence-electron chi connectivity index (χ0n) is 10.5. The Hall–Kier alpha value is -1.69. The van der Waals surface area contributed by atoms with Gasteiger partial charge in [0.15, 0.2) is 5.78 Å². The smallest absolute Gasteiger partial charge is 0.330 e. The summed E-state index contributed by atoms with van der Waals surface area (Å²) in [6.45, 7) is 2.40. The van der Waals surface area contributed by atoms with E-state index in [1.54, 1.807) is 0 Å². The molecule has 0 radical (unpaired) electrons. The van der Waals surface area contributed by atoms with E-state index in [9.17, 15) is 14.4 Å². The maximum atomic E-state index is 11.9. The first-order chi connectivity index (χ1) is 8.50. The predicted octanol–water partition coefficient (Wildman–Crippen LogP) is -0.0714. The van der Waals surface area contributed by atoms with Crippen LogP contribution in [-0.2, 0) is 18.3 Å². The molecule has 2 rings (SSSR count). The summed E-state index contributed by atoms with van der Waals surface area (Å²) in [6.07, 6.45) is 3.20. The van der Waals surface area contributed by atoms with Gasteiger partial charge in [0.1, 0.15) is 0 Å². The van der Waals surface area contributed by atoms with E-state index in [-0.39, 0.29) is 17.5 Å². The molecule has 0 spiro atoms. The molecule has 98 valence electrons. The Morgan fingerprint density at radius 3 is 2.78 bits per heavy atom. The minimum Gasteiger partial charge on any atom is -0.376 e. The second-order valence-corrected chi connectivity index (χ2v) is 4.53. The van der Waals surface area contributed by atoms with Crippen LogP contribution >= 0.6 is 0 Å². The van der Waals surface area contributed by atoms with Crippen LogP contribution in [0.4, 0.5) is 0 Å². The molecule has 1 unspecified atom stereocenters. The highest BCUT2D eigenvalue weighted by Crippen LogP contribution is 2.13. The molecule has 1 aromatic heterocycles. The second-order valence-electron chi connectivity index (χ2n) is 4.53. The number of carbonyl (C=O) groups is 1. The molecule has 0 saturated carbocycles. The number of aromatic nitrogens is 2. The number of ketones is 1. The number of ether oxygens (including phenoxy) is 1. The molecule has 1 aliphatic rings. The van der Waals surface area contributed by atoms with Crippen LogP contribution in [0.2, 0.25) is 0 Å². The third-order valence-electron chi connectivity index (χ3n) is 3.16. The molecule has 1 atom stereocenters. The quantitative estimate of drug-likeness (QED) is 0.706. The third kappa shape index (κ3) is 2.28. The monoisotopic (exact) mass is 252 g/mol. The highest BCUT2D eigenvalue weighted by Gasteiger charge is 2.19. The van der Waals surface area contributed by atoms with Crippen molar-refractivity contribution in [3.63, 3.8) is 0 Å². The first-order valence-electron chi connectivity index (χ1n) is 5.93. The van der Waals surface area contributed by atoms with E-state index in [0.29, 0.717) is 13.2 Å². The van der Waals surface area contributed by atoms with Crippen LogP contribution in [0.1, 0.15) is 30.1 Å². The zero-order valence-corrected chi connectivity index (χ0v) is 10.5. The van der Waals surface area contributed by atoms with Crippen molar-refractivity contribution in [3.8, 4) is 0 Å². The maximum absolute atomic E-state index is 11.9. The van der Waals surface area contributed by atoms with Gasteiger partial charge in [-0.15, -0.1) is 0 Å². The largest absolute Gasteiger partial charge is 0.376 e. The number of nitrogens with zero attached hydrogens (tertiary/aromatic N) is 2. The number of hydrogen-bond donors (Lipinski definition) is 0. The second kappa shape index (κ2) is 4.89. The molecule has 1 saturated heterocycles. The summed E-state index contributed by atoms with van der Waals surface area (Å²) in [4.78, 5) is 35.0. The lowest BCUT2D eigenvalue weighted by Crippen LogP contribution is -2.41. The molecule has 0 bridgehead atoms. The average Bonchev–Trinajstić information content (AvgIpc) is 2.82. The Balaban J connectivity index is 2.43. The fourth-order valence-corrected chi connectivity index (χ4v) is 2.11. The van der Waals surface area contributed by atoms with Gasteiger partial charge in [0.2, 0.25) is 0 Å². The lowest BCUT2D eigenvalue weighted by Gasteiger charge is -2.13. The minimum absolute atomic E-state index is 0.0139. The van der Waals surface area contributed by atoms with Gasteiger partial charge in [-0.2, -0.15) is 0 Å². The number of hydrogen-bond acceptors (Lipinski definition) is 4. The number of rotatable bonds is 3. The van der Waals surface area contributed by atoms with Crippen molar-refractivity contribution in [1.29, 1.82) is 0 Å². The highest BCUT2D eigenvalue weighted by atomic mass is 16.5. The van der Waals surface area contributed by atoms with Gasteiger partial charge in [-0.1, -0.05) is 0 Å². The maximum Gasteiger partial charge on any atom is 0.330 e. The van der Waals surface area contributed by atoms with Crippen molar-refractivity contribution >= 4 is 5.78 Å². The average molecular weight is 252 g/mol. The molecular weight excluding hydrogens is 236 g/mol. The molecule has 0 N–H and O–H groups in total. The van der Waals surface area contributed by atoms with Crippen molar-refractivity contribution in [2.75, 3.05) is 6.61 Å². The molecule has 0 aromatic carbocycles. The molecule has 2 heterocycles. The van der Waals surface area contributed by atoms with Gasteiger partial charge < -0.3 is 4.74 Å². The van der Waals surface area contributed by atoms with Gasteiger partial charge in [0.25, 0.3) is 5.56 Å². The van der Waals surface area contributed by atoms with Gasteiger partial charge in [-0.05, 0) is 19.8 Å². The lowest BCUT2D eigenvalue weighted by molar-refractivity contribution is 0.0944. The summed E-state index contributed by atoms with van der Waals surface area (Å²) in [6, 6.07) is 0. The van der Waals surface area contributed by atoms with Crippen molar-refractivity contribution in [2.24, 2.45) is 7.05 Å². The molecule has 1 aromatic rings. The Bertz CT molecular complexity index is 579. The summed E-state index contributed by atoms with van der Waals surface area (Å²) in [5.74, 6) is -0.336. The van der Waals surface area contributed by atoms with Crippen LogP contribution in [0.25, 0.3) is 0 Å². The number of carbonyl (C=O) groups excluding carboxylic acids is 1. The Morgan fingerprint density at radius 1 is 1.50 bits per heavy atom. The molecular formula is C12H16N2O4. The number of Topliss-reactive ketones (excluding diaryl/α,β-unsaturated/α-hetero) is 1. The SMILES string of the molecule is CC(=O)c1cn(CC2CCCO2)c(=O)n(C)c1=O. The van der Waals surface area contributed by atoms with Crippen molar-refractivity contribution in [3.05, 3.63) is 32.6 Å². The van der Waals surface area contributed by atoms with Crippen LogP contribution in [0.15, 0.2) is 15.8 Å². The fraction of sp³-hybridized carbons (Fsp3) is 0.583. The molecule has 1 fully saturated rings. The fourth-order valence-electron chi connectivity index (χ4n) is 2.11. The van der Waals surface area contributed by atoms with E-state index in [0.717, 1.165) is 17.4 Å². The third-order valence-corrected chi connectivity index (χ3v) is 3.16. The first kappa shape index (κ1) is 12.8. The van der Waals surface area contributed by atoms with Crippen LogP contribution in [-0.4, -0.2) is 27.6 Å². The minimum atomic E-state index is -0.545. The van der Waals surface area contributed by atoms with E-state index in [1.807, 2.05) is 0 Å². The van der Waals surface area contributed by atoms with Gasteiger partial charge in [0.05, 0.1) is 18.2 Å². The first-order valence-corrected chi connectivity index (χ1v) is 5.93. The summed E-state index contributed by atoms with van der Waals surface area (Å²) >= 11 is 0. The molecule has 18 heavy (non-hydrogen) atoms. The highest BCUT2D eigenvalue weighted by molar-refractivity contribution is 5.93. The molecule has 6 nitrogen and oxygen atoms in total. The van der Waals surface area contributed by atoms with Gasteiger partial charge >= 0.3 is 5.69 Å². The predicted molar refractivity (Wildman–Crippen MR) is 64.9 cm³/mol. The normalized spacial score (nSPS) is 19.1. The summed E-state index contributed by atoms with van der Waals surface area (Å²) in [5, 5.41) is 0. The standard InChI is InChI=1S/C12H16N2O4/c1-8(15)10-7-14(6-9-4-3-5-18-9)12(17)13(2)11(10)16/h7,9H,3-6H2,1-2H3. The van der Waals surface area contributed by atoms with Gasteiger partial charge in [0, 0.05) is 19.9 Å². The Kier molecular flexibility index (Phi) is 3.47. The lowest BCUT2D eigenvalue weighted by atomic mass is 10.2. The molecule has 1 aliphatic heterocycles. The van der Waals surface area contributed by atoms with Crippen molar-refractivity contribution in [1.82, 2.24) is 9.13 Å². The van der Waals surface area contributed by atoms with Crippen LogP contribution in [0, 0.1) is 0 Å². The van der Waals surface area contributed by atoms with Crippen LogP contribution in [0.3, 0.4) is 0 Å². The molecule has 0 aliphatic carbocycles. The molecule has 6 heteroatoms. The Morgan fingerprint density at radius 2 is 2.22 bits per heavy atom. The summed E-state index contributed by atoms with van der Waals surface area (Å²) in [5.41, 5.74) is -0.924. The van der Waals surface area contributed by atoms with E-state index < -0.39 is 11.2 Å². The van der Waals surface area contributed by atoms with Crippen molar-refractivity contribution in [2.45, 2.75) is 32.4 Å². The van der Waals surface area contributed by atoms with E-state index in [1.165, 1.54) is 24.7 Å². The molecule has 0 amide bonds. The topological polar surface area (TPSA) is 70.3 Å². The van der Waals surface area contributed by atoms with Gasteiger partial charge in [-0.25, -0.2) is 4.79 Å². The zero-order chi connectivity index (χ0) is 13.3. The van der Waals surface area contributed by atoms with E-state index >= 15 is 0 Å².